The van der Waals surface area contributed by atoms with Crippen LogP contribution in [0.1, 0.15) is 25.7 Å². The zero-order chi connectivity index (χ0) is 10.0. The SMILES string of the molecule is O=C(O)CC1CSC2(CCCNC2)C1. The first-order valence-electron chi connectivity index (χ1n) is 5.27. The van der Waals surface area contributed by atoms with Crippen LogP contribution >= 0.6 is 11.8 Å². The monoisotopic (exact) mass is 215 g/mol. The van der Waals surface area contributed by atoms with E-state index in [0.29, 0.717) is 17.1 Å². The minimum Gasteiger partial charge on any atom is -0.481 e. The summed E-state index contributed by atoms with van der Waals surface area (Å²) in [5, 5.41) is 12.2. The molecule has 2 aliphatic rings. The van der Waals surface area contributed by atoms with Crippen molar-refractivity contribution in [3.8, 4) is 0 Å². The first-order valence-corrected chi connectivity index (χ1v) is 6.25. The molecule has 2 rings (SSSR count). The number of piperidine rings is 1. The van der Waals surface area contributed by atoms with Gasteiger partial charge in [0.15, 0.2) is 0 Å². The van der Waals surface area contributed by atoms with Crippen molar-refractivity contribution in [2.45, 2.75) is 30.4 Å². The van der Waals surface area contributed by atoms with Gasteiger partial charge in [0.05, 0.1) is 0 Å². The normalized spacial score (nSPS) is 37.6. The molecule has 2 heterocycles. The van der Waals surface area contributed by atoms with Crippen molar-refractivity contribution in [3.05, 3.63) is 0 Å². The van der Waals surface area contributed by atoms with Crippen molar-refractivity contribution >= 4 is 17.7 Å². The first-order chi connectivity index (χ1) is 6.70. The molecule has 4 heteroatoms. The molecule has 2 saturated heterocycles. The number of hydrogen-bond acceptors (Lipinski definition) is 3. The van der Waals surface area contributed by atoms with E-state index in [0.717, 1.165) is 25.3 Å². The lowest BCUT2D eigenvalue weighted by atomic mass is 9.88. The maximum Gasteiger partial charge on any atom is 0.303 e. The number of carbonyl (C=O) groups is 1. The fourth-order valence-electron chi connectivity index (χ4n) is 2.55. The molecule has 1 spiro atoms. The fraction of sp³-hybridized carbons (Fsp3) is 0.900. The van der Waals surface area contributed by atoms with E-state index in [4.69, 9.17) is 5.11 Å². The Bertz CT molecular complexity index is 226. The van der Waals surface area contributed by atoms with Crippen molar-refractivity contribution in [2.75, 3.05) is 18.8 Å². The van der Waals surface area contributed by atoms with Crippen LogP contribution < -0.4 is 5.32 Å². The maximum absolute atomic E-state index is 10.6. The number of carboxylic acid groups (broad SMARTS) is 1. The van der Waals surface area contributed by atoms with Crippen molar-refractivity contribution in [1.29, 1.82) is 0 Å². The minimum absolute atomic E-state index is 0.356. The highest BCUT2D eigenvalue weighted by Gasteiger charge is 2.40. The Morgan fingerprint density at radius 3 is 3.14 bits per heavy atom. The topological polar surface area (TPSA) is 49.3 Å². The second kappa shape index (κ2) is 4.11. The predicted molar refractivity (Wildman–Crippen MR) is 57.7 cm³/mol. The summed E-state index contributed by atoms with van der Waals surface area (Å²) >= 11 is 1.99. The predicted octanol–water partition coefficient (Wildman–Crippen LogP) is 1.34. The van der Waals surface area contributed by atoms with Gasteiger partial charge in [0, 0.05) is 17.7 Å². The van der Waals surface area contributed by atoms with Gasteiger partial charge in [-0.1, -0.05) is 0 Å². The quantitative estimate of drug-likeness (QED) is 0.730. The van der Waals surface area contributed by atoms with Crippen molar-refractivity contribution in [2.24, 2.45) is 5.92 Å². The summed E-state index contributed by atoms with van der Waals surface area (Å²) in [7, 11) is 0. The van der Waals surface area contributed by atoms with Crippen LogP contribution in [0, 0.1) is 5.92 Å². The van der Waals surface area contributed by atoms with E-state index in [-0.39, 0.29) is 0 Å². The zero-order valence-corrected chi connectivity index (χ0v) is 9.11. The molecule has 0 aromatic carbocycles. The lowest BCUT2D eigenvalue weighted by molar-refractivity contribution is -0.137. The van der Waals surface area contributed by atoms with Gasteiger partial charge >= 0.3 is 5.97 Å². The molecule has 0 bridgehead atoms. The third-order valence-corrected chi connectivity index (χ3v) is 4.95. The Kier molecular flexibility index (Phi) is 3.02. The van der Waals surface area contributed by atoms with Gasteiger partial charge in [0.25, 0.3) is 0 Å². The van der Waals surface area contributed by atoms with E-state index < -0.39 is 5.97 Å². The molecule has 0 aliphatic carbocycles. The van der Waals surface area contributed by atoms with Gasteiger partial charge in [0.1, 0.15) is 0 Å². The molecule has 2 N–H and O–H groups in total. The Morgan fingerprint density at radius 2 is 2.50 bits per heavy atom. The molecule has 0 amide bonds. The average Bonchev–Trinajstić information content (AvgIpc) is 2.49. The number of rotatable bonds is 2. The van der Waals surface area contributed by atoms with Crippen molar-refractivity contribution < 1.29 is 9.90 Å². The molecule has 0 saturated carbocycles. The number of thioether (sulfide) groups is 1. The van der Waals surface area contributed by atoms with E-state index in [9.17, 15) is 4.79 Å². The first kappa shape index (κ1) is 10.3. The molecule has 0 radical (unpaired) electrons. The molecular weight excluding hydrogens is 198 g/mol. The van der Waals surface area contributed by atoms with Gasteiger partial charge in [-0.05, 0) is 37.5 Å². The smallest absolute Gasteiger partial charge is 0.303 e. The Balaban J connectivity index is 1.89. The summed E-state index contributed by atoms with van der Waals surface area (Å²) in [6.07, 6.45) is 3.96. The van der Waals surface area contributed by atoms with Crippen LogP contribution in [0.2, 0.25) is 0 Å². The molecule has 2 atom stereocenters. The van der Waals surface area contributed by atoms with Crippen LogP contribution in [0.25, 0.3) is 0 Å². The summed E-state index contributed by atoms with van der Waals surface area (Å²) < 4.78 is 0.373. The van der Waals surface area contributed by atoms with Crippen LogP contribution in [0.3, 0.4) is 0 Å². The van der Waals surface area contributed by atoms with Crippen molar-refractivity contribution in [3.63, 3.8) is 0 Å². The molecule has 2 fully saturated rings. The van der Waals surface area contributed by atoms with Crippen LogP contribution in [-0.4, -0.2) is 34.7 Å². The summed E-state index contributed by atoms with van der Waals surface area (Å²) in [6.45, 7) is 2.21. The minimum atomic E-state index is -0.642. The number of hydrogen-bond donors (Lipinski definition) is 2. The molecule has 3 nitrogen and oxygen atoms in total. The fourth-order valence-corrected chi connectivity index (χ4v) is 4.23. The molecule has 2 unspecified atom stereocenters. The van der Waals surface area contributed by atoms with Crippen LogP contribution in [0.5, 0.6) is 0 Å². The van der Waals surface area contributed by atoms with Gasteiger partial charge in [-0.15, -0.1) is 0 Å². The Labute approximate surface area is 88.6 Å². The Hall–Kier alpha value is -0.220. The van der Waals surface area contributed by atoms with E-state index in [1.165, 1.54) is 12.8 Å². The van der Waals surface area contributed by atoms with Gasteiger partial charge in [-0.25, -0.2) is 0 Å². The number of nitrogens with one attached hydrogen (secondary N) is 1. The van der Waals surface area contributed by atoms with E-state index in [2.05, 4.69) is 5.32 Å². The average molecular weight is 215 g/mol. The van der Waals surface area contributed by atoms with Gasteiger partial charge < -0.3 is 10.4 Å². The molecule has 14 heavy (non-hydrogen) atoms. The highest BCUT2D eigenvalue weighted by atomic mass is 32.2. The van der Waals surface area contributed by atoms with Crippen molar-refractivity contribution in [1.82, 2.24) is 5.32 Å². The van der Waals surface area contributed by atoms with Crippen LogP contribution in [0.4, 0.5) is 0 Å². The van der Waals surface area contributed by atoms with E-state index in [1.807, 2.05) is 11.8 Å². The number of aliphatic carboxylic acids is 1. The third kappa shape index (κ3) is 2.23. The molecule has 80 valence electrons. The Morgan fingerprint density at radius 1 is 1.64 bits per heavy atom. The largest absolute Gasteiger partial charge is 0.481 e. The van der Waals surface area contributed by atoms with Gasteiger partial charge in [0.2, 0.25) is 0 Å². The molecular formula is C10H17NO2S. The summed E-state index contributed by atoms with van der Waals surface area (Å²) in [5.41, 5.74) is 0. The molecule has 0 aromatic rings. The highest BCUT2D eigenvalue weighted by molar-refractivity contribution is 8.01. The second-order valence-electron chi connectivity index (χ2n) is 4.44. The van der Waals surface area contributed by atoms with E-state index >= 15 is 0 Å². The lowest BCUT2D eigenvalue weighted by Gasteiger charge is -2.33. The summed E-state index contributed by atoms with van der Waals surface area (Å²) in [6, 6.07) is 0. The highest BCUT2D eigenvalue weighted by Crippen LogP contribution is 2.46. The number of carboxylic acids is 1. The summed E-state index contributed by atoms with van der Waals surface area (Å²) in [5.74, 6) is 0.794. The van der Waals surface area contributed by atoms with Crippen LogP contribution in [0.15, 0.2) is 0 Å². The van der Waals surface area contributed by atoms with Crippen LogP contribution in [-0.2, 0) is 4.79 Å². The second-order valence-corrected chi connectivity index (χ2v) is 5.93. The standard InChI is InChI=1S/C10H17NO2S/c12-9(13)4-8-5-10(14-6-8)2-1-3-11-7-10/h8,11H,1-7H2,(H,12,13). The zero-order valence-electron chi connectivity index (χ0n) is 8.29. The lowest BCUT2D eigenvalue weighted by Crippen LogP contribution is -2.41. The van der Waals surface area contributed by atoms with E-state index in [1.54, 1.807) is 0 Å². The maximum atomic E-state index is 10.6. The summed E-state index contributed by atoms with van der Waals surface area (Å²) in [4.78, 5) is 10.6. The van der Waals surface area contributed by atoms with Gasteiger partial charge in [-0.3, -0.25) is 4.79 Å². The molecule has 2 aliphatic heterocycles. The molecule has 0 aromatic heterocycles. The third-order valence-electron chi connectivity index (χ3n) is 3.18. The van der Waals surface area contributed by atoms with Gasteiger partial charge in [-0.2, -0.15) is 11.8 Å².